The van der Waals surface area contributed by atoms with Crippen molar-refractivity contribution in [2.45, 2.75) is 26.2 Å². The summed E-state index contributed by atoms with van der Waals surface area (Å²) in [7, 11) is 5.42. The van der Waals surface area contributed by atoms with E-state index in [0.29, 0.717) is 0 Å². The Bertz CT molecular complexity index is 335. The van der Waals surface area contributed by atoms with Crippen molar-refractivity contribution in [1.82, 2.24) is 4.48 Å². The van der Waals surface area contributed by atoms with E-state index in [9.17, 15) is 4.79 Å². The van der Waals surface area contributed by atoms with Crippen LogP contribution >= 0.6 is 0 Å². The van der Waals surface area contributed by atoms with E-state index in [0.717, 1.165) is 10.0 Å². The fourth-order valence-electron chi connectivity index (χ4n) is 0.947. The number of aromatic nitrogens is 1. The molecule has 12 heavy (non-hydrogen) atoms. The number of nitrogens with zero attached hydrogens (tertiary/aromatic N) is 1. The summed E-state index contributed by atoms with van der Waals surface area (Å²) < 4.78 is 1.11. The van der Waals surface area contributed by atoms with E-state index in [4.69, 9.17) is 7.98 Å². The Morgan fingerprint density at radius 3 is 2.33 bits per heavy atom. The molecule has 0 spiro atoms. The molecule has 2 radical (unpaired) electrons. The van der Waals surface area contributed by atoms with E-state index in [1.54, 1.807) is 6.20 Å². The maximum Gasteiger partial charge on any atom is 0.238 e. The van der Waals surface area contributed by atoms with Crippen molar-refractivity contribution in [2.24, 2.45) is 0 Å². The van der Waals surface area contributed by atoms with Crippen LogP contribution in [0.1, 0.15) is 26.3 Å². The van der Waals surface area contributed by atoms with Crippen molar-refractivity contribution < 1.29 is 0 Å². The highest BCUT2D eigenvalue weighted by molar-refractivity contribution is 6.06. The summed E-state index contributed by atoms with van der Waals surface area (Å²) in [6.45, 7) is 6.23. The van der Waals surface area contributed by atoms with Gasteiger partial charge in [0.05, 0.1) is 0 Å². The lowest BCUT2D eigenvalue weighted by Crippen LogP contribution is -2.21. The first-order valence-corrected chi connectivity index (χ1v) is 3.89. The Labute approximate surface area is 73.7 Å². The summed E-state index contributed by atoms with van der Waals surface area (Å²) in [6, 6.07) is 3.30. The maximum absolute atomic E-state index is 10.9. The molecule has 0 aliphatic carbocycles. The van der Waals surface area contributed by atoms with Gasteiger partial charge in [-0.2, -0.15) is 0 Å². The molecule has 0 bridgehead atoms. The zero-order valence-corrected chi connectivity index (χ0v) is 7.66. The zero-order valence-electron chi connectivity index (χ0n) is 7.66. The van der Waals surface area contributed by atoms with Crippen LogP contribution in [0.4, 0.5) is 0 Å². The van der Waals surface area contributed by atoms with Crippen molar-refractivity contribution in [3.63, 3.8) is 0 Å². The van der Waals surface area contributed by atoms with Crippen LogP contribution in [0.15, 0.2) is 23.1 Å². The minimum Gasteiger partial charge on any atom is -0.371 e. The normalized spacial score (nSPS) is 11.6. The minimum absolute atomic E-state index is 0.0365. The van der Waals surface area contributed by atoms with E-state index in [-0.39, 0.29) is 11.0 Å². The number of rotatable bonds is 0. The van der Waals surface area contributed by atoms with Crippen LogP contribution in [0.3, 0.4) is 0 Å². The highest BCUT2D eigenvalue weighted by atomic mass is 16.1. The summed E-state index contributed by atoms with van der Waals surface area (Å²) in [5.74, 6) is 0. The van der Waals surface area contributed by atoms with Gasteiger partial charge in [-0.25, -0.2) is 0 Å². The van der Waals surface area contributed by atoms with Crippen LogP contribution in [0.5, 0.6) is 0 Å². The van der Waals surface area contributed by atoms with Gasteiger partial charge in [-0.1, -0.05) is 26.8 Å². The molecule has 0 saturated carbocycles. The average molecular weight is 161 g/mol. The van der Waals surface area contributed by atoms with E-state index in [1.807, 2.05) is 6.07 Å². The van der Waals surface area contributed by atoms with Gasteiger partial charge >= 0.3 is 0 Å². The Morgan fingerprint density at radius 1 is 1.33 bits per heavy atom. The molecule has 0 aliphatic rings. The van der Waals surface area contributed by atoms with Crippen molar-refractivity contribution in [1.29, 1.82) is 0 Å². The molecule has 3 heteroatoms. The molecule has 0 unspecified atom stereocenters. The van der Waals surface area contributed by atoms with Gasteiger partial charge in [0, 0.05) is 6.07 Å². The fourth-order valence-corrected chi connectivity index (χ4v) is 0.947. The molecular formula is C9H12BNO. The van der Waals surface area contributed by atoms with E-state index in [2.05, 4.69) is 20.8 Å². The van der Waals surface area contributed by atoms with E-state index in [1.165, 1.54) is 6.07 Å². The van der Waals surface area contributed by atoms with Gasteiger partial charge < -0.3 is 4.48 Å². The second-order valence-corrected chi connectivity index (χ2v) is 3.91. The molecule has 1 rings (SSSR count). The minimum atomic E-state index is -0.178. The molecular weight excluding hydrogens is 149 g/mol. The van der Waals surface area contributed by atoms with Crippen LogP contribution in [0.25, 0.3) is 0 Å². The highest BCUT2D eigenvalue weighted by Gasteiger charge is 2.13. The lowest BCUT2D eigenvalue weighted by atomic mass is 9.88. The maximum atomic E-state index is 10.9. The molecule has 1 aromatic heterocycles. The Kier molecular flexibility index (Phi) is 2.13. The second-order valence-electron chi connectivity index (χ2n) is 3.91. The molecule has 0 aromatic carbocycles. The van der Waals surface area contributed by atoms with Crippen molar-refractivity contribution in [2.75, 3.05) is 0 Å². The van der Waals surface area contributed by atoms with Crippen LogP contribution in [0, 0.1) is 0 Å². The summed E-state index contributed by atoms with van der Waals surface area (Å²) in [5.41, 5.74) is 0.919. The van der Waals surface area contributed by atoms with E-state index < -0.39 is 0 Å². The van der Waals surface area contributed by atoms with Gasteiger partial charge in [0.25, 0.3) is 0 Å². The van der Waals surface area contributed by atoms with Gasteiger partial charge in [0.2, 0.25) is 13.5 Å². The first kappa shape index (κ1) is 9.11. The third-order valence-corrected chi connectivity index (χ3v) is 1.80. The molecule has 1 aromatic rings. The van der Waals surface area contributed by atoms with Crippen molar-refractivity contribution >= 4 is 7.98 Å². The SMILES string of the molecule is [B]n1cc(C(C)(C)C)ccc1=O. The molecule has 0 N–H and O–H groups in total. The summed E-state index contributed by atoms with van der Waals surface area (Å²) in [6.07, 6.45) is 1.67. The third kappa shape index (κ3) is 1.78. The first-order valence-electron chi connectivity index (χ1n) is 3.89. The van der Waals surface area contributed by atoms with Crippen LogP contribution in [-0.4, -0.2) is 12.5 Å². The van der Waals surface area contributed by atoms with Gasteiger partial charge in [0.15, 0.2) is 0 Å². The second kappa shape index (κ2) is 2.81. The van der Waals surface area contributed by atoms with Crippen LogP contribution in [-0.2, 0) is 5.41 Å². The molecule has 0 atom stereocenters. The lowest BCUT2D eigenvalue weighted by molar-refractivity contribution is 0.585. The molecule has 0 aliphatic heterocycles. The Morgan fingerprint density at radius 2 is 1.92 bits per heavy atom. The monoisotopic (exact) mass is 161 g/mol. The predicted octanol–water partition coefficient (Wildman–Crippen LogP) is 1.08. The largest absolute Gasteiger partial charge is 0.371 e. The van der Waals surface area contributed by atoms with Crippen LogP contribution < -0.4 is 5.56 Å². The zero-order chi connectivity index (χ0) is 9.35. The number of hydrogen-bond acceptors (Lipinski definition) is 1. The fraction of sp³-hybridized carbons (Fsp3) is 0.444. The average Bonchev–Trinajstić information content (AvgIpc) is 1.92. The molecule has 0 fully saturated rings. The smallest absolute Gasteiger partial charge is 0.238 e. The van der Waals surface area contributed by atoms with Gasteiger partial charge in [-0.3, -0.25) is 4.79 Å². The van der Waals surface area contributed by atoms with Crippen molar-refractivity contribution in [3.05, 3.63) is 34.2 Å². The highest BCUT2D eigenvalue weighted by Crippen LogP contribution is 2.19. The molecule has 0 amide bonds. The molecule has 2 nitrogen and oxygen atoms in total. The van der Waals surface area contributed by atoms with Gasteiger partial charge in [-0.05, 0) is 17.2 Å². The summed E-state index contributed by atoms with van der Waals surface area (Å²) >= 11 is 0. The first-order chi connectivity index (χ1) is 5.41. The lowest BCUT2D eigenvalue weighted by Gasteiger charge is -2.19. The van der Waals surface area contributed by atoms with Crippen LogP contribution in [0.2, 0.25) is 0 Å². The number of pyridine rings is 1. The standard InChI is InChI=1S/C9H12BNO/c1-9(2,3)7-4-5-8(12)11(10)6-7/h4-6H,1-3H3. The Hall–Kier alpha value is -0.985. The van der Waals surface area contributed by atoms with E-state index >= 15 is 0 Å². The molecule has 1 heterocycles. The van der Waals surface area contributed by atoms with Crippen molar-refractivity contribution in [3.8, 4) is 0 Å². The summed E-state index contributed by atoms with van der Waals surface area (Å²) in [5, 5.41) is 0. The Balaban J connectivity index is 3.23. The quantitative estimate of drug-likeness (QED) is 0.521. The predicted molar refractivity (Wildman–Crippen MR) is 50.6 cm³/mol. The van der Waals surface area contributed by atoms with Gasteiger partial charge in [0.1, 0.15) is 0 Å². The topological polar surface area (TPSA) is 22.0 Å². The summed E-state index contributed by atoms with van der Waals surface area (Å²) in [4.78, 5) is 10.9. The number of hydrogen-bond donors (Lipinski definition) is 0. The molecule has 62 valence electrons. The van der Waals surface area contributed by atoms with Gasteiger partial charge in [-0.15, -0.1) is 0 Å². The molecule has 0 saturated heterocycles. The third-order valence-electron chi connectivity index (χ3n) is 1.80.